The molecular formula is C13H18N2O4. The van der Waals surface area contributed by atoms with Crippen molar-refractivity contribution in [1.82, 2.24) is 10.5 Å². The van der Waals surface area contributed by atoms with Crippen LogP contribution in [0, 0.1) is 0 Å². The molecule has 1 saturated heterocycles. The molecule has 3 rings (SSSR count). The van der Waals surface area contributed by atoms with Gasteiger partial charge in [-0.05, 0) is 12.8 Å². The van der Waals surface area contributed by atoms with Crippen molar-refractivity contribution in [3.8, 4) is 0 Å². The number of nitrogens with one attached hydrogen (secondary N) is 1. The lowest BCUT2D eigenvalue weighted by molar-refractivity contribution is -0.186. The predicted molar refractivity (Wildman–Crippen MR) is 65.5 cm³/mol. The van der Waals surface area contributed by atoms with Gasteiger partial charge in [0.15, 0.2) is 11.5 Å². The number of hydrogen-bond acceptors (Lipinski definition) is 5. The van der Waals surface area contributed by atoms with Crippen LogP contribution in [0.25, 0.3) is 0 Å². The molecule has 1 aromatic rings. The van der Waals surface area contributed by atoms with Crippen molar-refractivity contribution < 1.29 is 18.8 Å². The minimum absolute atomic E-state index is 0.0750. The number of ether oxygens (including phenoxy) is 2. The molecule has 0 aromatic carbocycles. The summed E-state index contributed by atoms with van der Waals surface area (Å²) in [6.45, 7) is 0.979. The van der Waals surface area contributed by atoms with Crippen molar-refractivity contribution >= 4 is 5.91 Å². The van der Waals surface area contributed by atoms with Gasteiger partial charge in [-0.3, -0.25) is 4.79 Å². The minimum Gasteiger partial charge on any atom is -0.364 e. The molecule has 1 amide bonds. The van der Waals surface area contributed by atoms with E-state index in [4.69, 9.17) is 9.47 Å². The first-order valence-electron chi connectivity index (χ1n) is 6.78. The molecule has 1 spiro atoms. The summed E-state index contributed by atoms with van der Waals surface area (Å²) in [7, 11) is 0. The van der Waals surface area contributed by atoms with Gasteiger partial charge in [0.2, 0.25) is 0 Å². The maximum Gasteiger partial charge on any atom is 0.273 e. The standard InChI is InChI=1S/C13H18N2O4/c16-12(11-4-7-18-15-11)14-8-10-9-17-13(19-10)5-2-1-3-6-13/h4,7,10H,1-3,5-6,8-9H2,(H,14,16). The van der Waals surface area contributed by atoms with Gasteiger partial charge in [-0.15, -0.1) is 0 Å². The van der Waals surface area contributed by atoms with Gasteiger partial charge in [0.05, 0.1) is 6.61 Å². The van der Waals surface area contributed by atoms with E-state index < -0.39 is 0 Å². The van der Waals surface area contributed by atoms with Crippen LogP contribution in [0.15, 0.2) is 16.9 Å². The summed E-state index contributed by atoms with van der Waals surface area (Å²) >= 11 is 0. The summed E-state index contributed by atoms with van der Waals surface area (Å²) < 4.78 is 16.4. The zero-order valence-electron chi connectivity index (χ0n) is 10.8. The molecule has 1 N–H and O–H groups in total. The van der Waals surface area contributed by atoms with Crippen molar-refractivity contribution in [1.29, 1.82) is 0 Å². The second-order valence-electron chi connectivity index (χ2n) is 5.12. The van der Waals surface area contributed by atoms with Crippen LogP contribution in [-0.2, 0) is 9.47 Å². The lowest BCUT2D eigenvalue weighted by Gasteiger charge is -2.31. The highest BCUT2D eigenvalue weighted by molar-refractivity contribution is 5.91. The van der Waals surface area contributed by atoms with Crippen LogP contribution in [0.3, 0.4) is 0 Å². The lowest BCUT2D eigenvalue weighted by atomic mass is 9.94. The second kappa shape index (κ2) is 5.30. The number of nitrogens with zero attached hydrogens (tertiary/aromatic N) is 1. The lowest BCUT2D eigenvalue weighted by Crippen LogP contribution is -2.37. The molecule has 19 heavy (non-hydrogen) atoms. The number of rotatable bonds is 3. The highest BCUT2D eigenvalue weighted by atomic mass is 16.7. The molecule has 0 radical (unpaired) electrons. The summed E-state index contributed by atoms with van der Waals surface area (Å²) in [6.07, 6.45) is 6.77. The summed E-state index contributed by atoms with van der Waals surface area (Å²) in [4.78, 5) is 11.7. The highest BCUT2D eigenvalue weighted by Crippen LogP contribution is 2.37. The van der Waals surface area contributed by atoms with Crippen LogP contribution >= 0.6 is 0 Å². The van der Waals surface area contributed by atoms with Crippen molar-refractivity contribution in [2.24, 2.45) is 0 Å². The Hall–Kier alpha value is -1.40. The first-order valence-corrected chi connectivity index (χ1v) is 6.78. The van der Waals surface area contributed by atoms with Crippen LogP contribution in [0.4, 0.5) is 0 Å². The van der Waals surface area contributed by atoms with Gasteiger partial charge < -0.3 is 19.3 Å². The molecule has 1 aliphatic carbocycles. The third kappa shape index (κ3) is 2.79. The summed E-state index contributed by atoms with van der Waals surface area (Å²) in [5, 5.41) is 6.37. The second-order valence-corrected chi connectivity index (χ2v) is 5.12. The Morgan fingerprint density at radius 1 is 1.42 bits per heavy atom. The molecular weight excluding hydrogens is 248 g/mol. The Morgan fingerprint density at radius 3 is 3.00 bits per heavy atom. The Labute approximate surface area is 111 Å². The molecule has 2 fully saturated rings. The van der Waals surface area contributed by atoms with Gasteiger partial charge in [-0.2, -0.15) is 0 Å². The number of carbonyl (C=O) groups is 1. The maximum absolute atomic E-state index is 11.7. The molecule has 1 aromatic heterocycles. The van der Waals surface area contributed by atoms with E-state index in [1.807, 2.05) is 0 Å². The molecule has 104 valence electrons. The van der Waals surface area contributed by atoms with E-state index in [-0.39, 0.29) is 23.5 Å². The molecule has 2 aliphatic rings. The quantitative estimate of drug-likeness (QED) is 0.897. The minimum atomic E-state index is -0.387. The fraction of sp³-hybridized carbons (Fsp3) is 0.692. The molecule has 2 heterocycles. The molecule has 1 atom stereocenters. The molecule has 0 bridgehead atoms. The van der Waals surface area contributed by atoms with Crippen molar-refractivity contribution in [3.05, 3.63) is 18.0 Å². The smallest absolute Gasteiger partial charge is 0.273 e. The van der Waals surface area contributed by atoms with Gasteiger partial charge >= 0.3 is 0 Å². The number of hydrogen-bond donors (Lipinski definition) is 1. The van der Waals surface area contributed by atoms with E-state index in [1.54, 1.807) is 0 Å². The van der Waals surface area contributed by atoms with Crippen LogP contribution in [0.2, 0.25) is 0 Å². The molecule has 6 heteroatoms. The fourth-order valence-electron chi connectivity index (χ4n) is 2.70. The van der Waals surface area contributed by atoms with E-state index in [9.17, 15) is 4.79 Å². The summed E-state index contributed by atoms with van der Waals surface area (Å²) in [5.41, 5.74) is 0.284. The Morgan fingerprint density at radius 2 is 2.26 bits per heavy atom. The largest absolute Gasteiger partial charge is 0.364 e. The van der Waals surface area contributed by atoms with Crippen LogP contribution < -0.4 is 5.32 Å². The van der Waals surface area contributed by atoms with Crippen molar-refractivity contribution in [3.63, 3.8) is 0 Å². The topological polar surface area (TPSA) is 73.6 Å². The molecule has 1 aliphatic heterocycles. The van der Waals surface area contributed by atoms with E-state index >= 15 is 0 Å². The number of aromatic nitrogens is 1. The Kier molecular flexibility index (Phi) is 3.52. The first-order chi connectivity index (χ1) is 9.27. The third-order valence-electron chi connectivity index (χ3n) is 3.69. The van der Waals surface area contributed by atoms with Crippen LogP contribution in [0.1, 0.15) is 42.6 Å². The van der Waals surface area contributed by atoms with Gasteiger partial charge in [0.1, 0.15) is 12.4 Å². The number of amides is 1. The molecule has 6 nitrogen and oxygen atoms in total. The number of carbonyl (C=O) groups excluding carboxylic acids is 1. The normalized spacial score (nSPS) is 25.6. The van der Waals surface area contributed by atoms with E-state index in [2.05, 4.69) is 15.0 Å². The van der Waals surface area contributed by atoms with Gasteiger partial charge in [-0.25, -0.2) is 0 Å². The Balaban J connectivity index is 1.48. The van der Waals surface area contributed by atoms with E-state index in [0.29, 0.717) is 13.2 Å². The molecule has 1 unspecified atom stereocenters. The zero-order valence-corrected chi connectivity index (χ0v) is 10.8. The zero-order chi connectivity index (χ0) is 13.1. The average molecular weight is 266 g/mol. The summed E-state index contributed by atoms with van der Waals surface area (Å²) in [6, 6.07) is 1.53. The predicted octanol–water partition coefficient (Wildman–Crippen LogP) is 1.48. The van der Waals surface area contributed by atoms with Crippen molar-refractivity contribution in [2.75, 3.05) is 13.2 Å². The summed E-state index contributed by atoms with van der Waals surface area (Å²) in [5.74, 6) is -0.636. The van der Waals surface area contributed by atoms with Gasteiger partial charge in [0.25, 0.3) is 5.91 Å². The van der Waals surface area contributed by atoms with Crippen LogP contribution in [0.5, 0.6) is 0 Å². The van der Waals surface area contributed by atoms with Gasteiger partial charge in [-0.1, -0.05) is 11.6 Å². The van der Waals surface area contributed by atoms with Crippen molar-refractivity contribution in [2.45, 2.75) is 44.0 Å². The van der Waals surface area contributed by atoms with Crippen LogP contribution in [-0.4, -0.2) is 36.1 Å². The monoisotopic (exact) mass is 266 g/mol. The highest BCUT2D eigenvalue weighted by Gasteiger charge is 2.42. The fourth-order valence-corrected chi connectivity index (χ4v) is 2.70. The third-order valence-corrected chi connectivity index (χ3v) is 3.69. The van der Waals surface area contributed by atoms with E-state index in [0.717, 1.165) is 25.7 Å². The van der Waals surface area contributed by atoms with Gasteiger partial charge in [0, 0.05) is 25.5 Å². The SMILES string of the molecule is O=C(NCC1COC2(CCCCC2)O1)c1ccon1. The maximum atomic E-state index is 11.7. The Bertz CT molecular complexity index is 426. The first kappa shape index (κ1) is 12.6. The molecule has 1 saturated carbocycles. The van der Waals surface area contributed by atoms with E-state index in [1.165, 1.54) is 18.8 Å². The average Bonchev–Trinajstić information content (AvgIpc) is 3.08.